The molecule has 3 aromatic rings. The van der Waals surface area contributed by atoms with Gasteiger partial charge >= 0.3 is 12.3 Å². The lowest BCUT2D eigenvalue weighted by atomic mass is 9.99. The number of carbonyl (C=O) groups is 1. The van der Waals surface area contributed by atoms with E-state index in [0.717, 1.165) is 22.9 Å². The minimum Gasteiger partial charge on any atom is -0.444 e. The number of alkyl halides is 3. The molecule has 2 aromatic carbocycles. The molecule has 2 aliphatic heterocycles. The predicted molar refractivity (Wildman–Crippen MR) is 139 cm³/mol. The SMILES string of the molecule is CC(C)(C)OC(=O)N1CCc2cc(Nc3ncc(C(F)(F)F)c(N4OCC[C@H]4c4ccccc4)n3)ccc2C1. The third-order valence-corrected chi connectivity index (χ3v) is 6.50. The molecule has 5 rings (SSSR count). The van der Waals surface area contributed by atoms with Gasteiger partial charge in [-0.1, -0.05) is 36.4 Å². The molecule has 11 heteroatoms. The van der Waals surface area contributed by atoms with E-state index < -0.39 is 23.4 Å². The van der Waals surface area contributed by atoms with Crippen LogP contribution >= 0.6 is 0 Å². The summed E-state index contributed by atoms with van der Waals surface area (Å²) in [6.45, 7) is 6.67. The molecule has 1 aromatic heterocycles. The molecule has 8 nitrogen and oxygen atoms in total. The van der Waals surface area contributed by atoms with Gasteiger partial charge in [-0.05, 0) is 56.0 Å². The van der Waals surface area contributed by atoms with Crippen LogP contribution in [-0.4, -0.2) is 39.7 Å². The van der Waals surface area contributed by atoms with E-state index in [1.807, 2.05) is 63.2 Å². The average Bonchev–Trinajstić information content (AvgIpc) is 3.37. The average molecular weight is 542 g/mol. The van der Waals surface area contributed by atoms with Crippen LogP contribution in [0.2, 0.25) is 0 Å². The first-order valence-corrected chi connectivity index (χ1v) is 12.8. The first kappa shape index (κ1) is 26.7. The first-order chi connectivity index (χ1) is 18.5. The number of hydrogen-bond donors (Lipinski definition) is 1. The van der Waals surface area contributed by atoms with Crippen LogP contribution in [0.5, 0.6) is 0 Å². The van der Waals surface area contributed by atoms with Crippen LogP contribution in [0.1, 0.15) is 55.5 Å². The Morgan fingerprint density at radius 2 is 1.87 bits per heavy atom. The Bertz CT molecular complexity index is 1340. The second kappa shape index (κ2) is 10.4. The highest BCUT2D eigenvalue weighted by Crippen LogP contribution is 2.41. The summed E-state index contributed by atoms with van der Waals surface area (Å²) in [5.41, 5.74) is 1.93. The number of amides is 1. The maximum Gasteiger partial charge on any atom is 0.421 e. The standard InChI is InChI=1S/C28H30F3N5O3/c1-27(2,3)39-26(37)35-13-11-19-15-21(10-9-20(19)17-35)33-25-32-16-22(28(29,30)31)24(34-25)36-23(12-14-38-36)18-7-5-4-6-8-18/h4-10,15-16,23H,11-14,17H2,1-3H3,(H,32,33,34)/t23-/m0/s1. The Hall–Kier alpha value is -3.86. The van der Waals surface area contributed by atoms with Gasteiger partial charge in [0.2, 0.25) is 5.95 Å². The van der Waals surface area contributed by atoms with Crippen molar-refractivity contribution in [2.75, 3.05) is 23.5 Å². The molecule has 206 valence electrons. The molecule has 39 heavy (non-hydrogen) atoms. The van der Waals surface area contributed by atoms with E-state index in [9.17, 15) is 18.0 Å². The van der Waals surface area contributed by atoms with Crippen molar-refractivity contribution >= 4 is 23.5 Å². The summed E-state index contributed by atoms with van der Waals surface area (Å²) in [5, 5.41) is 4.28. The lowest BCUT2D eigenvalue weighted by Gasteiger charge is -2.31. The third-order valence-electron chi connectivity index (χ3n) is 6.50. The van der Waals surface area contributed by atoms with E-state index >= 15 is 0 Å². The Balaban J connectivity index is 1.38. The van der Waals surface area contributed by atoms with Crippen molar-refractivity contribution in [3.05, 3.63) is 77.0 Å². The monoisotopic (exact) mass is 541 g/mol. The van der Waals surface area contributed by atoms with Crippen LogP contribution < -0.4 is 10.4 Å². The normalized spacial score (nSPS) is 17.6. The maximum atomic E-state index is 13.9. The van der Waals surface area contributed by atoms with Crippen molar-refractivity contribution in [2.24, 2.45) is 0 Å². The highest BCUT2D eigenvalue weighted by atomic mass is 19.4. The van der Waals surface area contributed by atoms with Crippen LogP contribution in [0.25, 0.3) is 0 Å². The van der Waals surface area contributed by atoms with Gasteiger partial charge in [0.1, 0.15) is 11.2 Å². The van der Waals surface area contributed by atoms with Gasteiger partial charge in [0.05, 0.1) is 12.6 Å². The number of carbonyl (C=O) groups excluding carboxylic acids is 1. The zero-order chi connectivity index (χ0) is 27.8. The van der Waals surface area contributed by atoms with Crippen molar-refractivity contribution in [1.82, 2.24) is 14.9 Å². The number of ether oxygens (including phenoxy) is 1. The second-order valence-electron chi connectivity index (χ2n) is 10.6. The topological polar surface area (TPSA) is 79.8 Å². The molecule has 0 aliphatic carbocycles. The summed E-state index contributed by atoms with van der Waals surface area (Å²) in [6.07, 6.45) is -3.10. The Labute approximate surface area is 224 Å². The van der Waals surface area contributed by atoms with Gasteiger partial charge in [-0.15, -0.1) is 0 Å². The van der Waals surface area contributed by atoms with Crippen LogP contribution in [-0.2, 0) is 28.7 Å². The van der Waals surface area contributed by atoms with Gasteiger partial charge in [0.25, 0.3) is 0 Å². The zero-order valence-electron chi connectivity index (χ0n) is 22.0. The molecule has 0 radical (unpaired) electrons. The van der Waals surface area contributed by atoms with Gasteiger partial charge in [0.15, 0.2) is 5.82 Å². The Morgan fingerprint density at radius 3 is 2.59 bits per heavy atom. The number of hydrogen-bond acceptors (Lipinski definition) is 7. The fourth-order valence-electron chi connectivity index (χ4n) is 4.70. The summed E-state index contributed by atoms with van der Waals surface area (Å²) in [4.78, 5) is 28.0. The number of nitrogens with one attached hydrogen (secondary N) is 1. The largest absolute Gasteiger partial charge is 0.444 e. The van der Waals surface area contributed by atoms with Crippen molar-refractivity contribution in [2.45, 2.75) is 58.0 Å². The number of benzene rings is 2. The molecule has 1 saturated heterocycles. The predicted octanol–water partition coefficient (Wildman–Crippen LogP) is 6.42. The maximum absolute atomic E-state index is 13.9. The zero-order valence-corrected chi connectivity index (χ0v) is 22.0. The number of aromatic nitrogens is 2. The highest BCUT2D eigenvalue weighted by Gasteiger charge is 2.40. The lowest BCUT2D eigenvalue weighted by molar-refractivity contribution is -0.138. The van der Waals surface area contributed by atoms with Gasteiger partial charge in [-0.25, -0.2) is 14.8 Å². The van der Waals surface area contributed by atoms with Crippen LogP contribution in [0.4, 0.5) is 35.4 Å². The minimum atomic E-state index is -4.66. The first-order valence-electron chi connectivity index (χ1n) is 12.8. The smallest absolute Gasteiger partial charge is 0.421 e. The second-order valence-corrected chi connectivity index (χ2v) is 10.6. The fraction of sp³-hybridized carbons (Fsp3) is 0.393. The molecule has 0 bridgehead atoms. The molecule has 0 saturated carbocycles. The summed E-state index contributed by atoms with van der Waals surface area (Å²) < 4.78 is 47.3. The van der Waals surface area contributed by atoms with E-state index in [0.29, 0.717) is 31.6 Å². The number of halogens is 3. The fourth-order valence-corrected chi connectivity index (χ4v) is 4.70. The van der Waals surface area contributed by atoms with E-state index in [1.54, 1.807) is 11.0 Å². The molecule has 0 unspecified atom stereocenters. The number of nitrogens with zero attached hydrogens (tertiary/aromatic N) is 4. The third kappa shape index (κ3) is 6.08. The van der Waals surface area contributed by atoms with Crippen molar-refractivity contribution < 1.29 is 27.5 Å². The number of anilines is 3. The van der Waals surface area contributed by atoms with E-state index in [-0.39, 0.29) is 24.5 Å². The molecule has 2 aliphatic rings. The summed E-state index contributed by atoms with van der Waals surface area (Å²) in [7, 11) is 0. The van der Waals surface area contributed by atoms with Crippen LogP contribution in [0, 0.1) is 0 Å². The van der Waals surface area contributed by atoms with Gasteiger partial charge in [0, 0.05) is 31.4 Å². The Kier molecular flexibility index (Phi) is 7.11. The molecule has 3 heterocycles. The number of fused-ring (bicyclic) bond motifs is 1. The van der Waals surface area contributed by atoms with Crippen LogP contribution in [0.15, 0.2) is 54.7 Å². The van der Waals surface area contributed by atoms with Crippen molar-refractivity contribution in [1.29, 1.82) is 0 Å². The number of rotatable bonds is 4. The number of hydroxylamine groups is 1. The van der Waals surface area contributed by atoms with E-state index in [4.69, 9.17) is 9.57 Å². The van der Waals surface area contributed by atoms with Gasteiger partial charge in [-0.2, -0.15) is 18.2 Å². The molecular formula is C28H30F3N5O3. The summed E-state index contributed by atoms with van der Waals surface area (Å²) in [6, 6.07) is 14.4. The van der Waals surface area contributed by atoms with Gasteiger partial charge < -0.3 is 15.0 Å². The molecule has 1 N–H and O–H groups in total. The lowest BCUT2D eigenvalue weighted by Crippen LogP contribution is -2.39. The van der Waals surface area contributed by atoms with Crippen LogP contribution in [0.3, 0.4) is 0 Å². The van der Waals surface area contributed by atoms with Gasteiger partial charge in [-0.3, -0.25) is 4.84 Å². The van der Waals surface area contributed by atoms with E-state index in [2.05, 4.69) is 15.3 Å². The van der Waals surface area contributed by atoms with E-state index in [1.165, 1.54) is 5.06 Å². The van der Waals surface area contributed by atoms with Crippen molar-refractivity contribution in [3.8, 4) is 0 Å². The molecular weight excluding hydrogens is 511 g/mol. The summed E-state index contributed by atoms with van der Waals surface area (Å²) in [5.74, 6) is -0.316. The molecule has 1 fully saturated rings. The molecule has 0 spiro atoms. The molecule has 1 atom stereocenters. The summed E-state index contributed by atoms with van der Waals surface area (Å²) >= 11 is 0. The minimum absolute atomic E-state index is 0.0199. The van der Waals surface area contributed by atoms with Crippen molar-refractivity contribution in [3.63, 3.8) is 0 Å². The Morgan fingerprint density at radius 1 is 1.10 bits per heavy atom. The highest BCUT2D eigenvalue weighted by molar-refractivity contribution is 5.69. The molecule has 1 amide bonds. The quantitative estimate of drug-likeness (QED) is 0.409.